The second-order valence-electron chi connectivity index (χ2n) is 7.07. The first-order valence-electron chi connectivity index (χ1n) is 8.82. The summed E-state index contributed by atoms with van der Waals surface area (Å²) in [5, 5.41) is 9.67. The molecule has 2 saturated heterocycles. The first-order valence-corrected chi connectivity index (χ1v) is 8.82. The zero-order valence-electron chi connectivity index (χ0n) is 14.4. The van der Waals surface area contributed by atoms with Gasteiger partial charge >= 0.3 is 0 Å². The molecule has 0 bridgehead atoms. The predicted octanol–water partition coefficient (Wildman–Crippen LogP) is 1.97. The lowest BCUT2D eigenvalue weighted by atomic mass is 9.91. The Bertz CT molecular complexity index is 604. The summed E-state index contributed by atoms with van der Waals surface area (Å²) in [5.74, 6) is -0.410. The molecule has 0 aromatic heterocycles. The van der Waals surface area contributed by atoms with Crippen LogP contribution in [0.15, 0.2) is 24.3 Å². The van der Waals surface area contributed by atoms with Crippen LogP contribution >= 0.6 is 0 Å². The lowest BCUT2D eigenvalue weighted by molar-refractivity contribution is -0.141. The van der Waals surface area contributed by atoms with E-state index >= 15 is 0 Å². The van der Waals surface area contributed by atoms with Crippen molar-refractivity contribution in [2.75, 3.05) is 24.5 Å². The number of carbonyl (C=O) groups is 2. The number of hydrogen-bond acceptors (Lipinski definition) is 3. The van der Waals surface area contributed by atoms with Crippen LogP contribution in [0.5, 0.6) is 0 Å². The Kier molecular flexibility index (Phi) is 4.90. The summed E-state index contributed by atoms with van der Waals surface area (Å²) in [5.41, 5.74) is 2.02. The van der Waals surface area contributed by atoms with Crippen LogP contribution in [0.2, 0.25) is 0 Å². The van der Waals surface area contributed by atoms with E-state index in [1.165, 1.54) is 0 Å². The van der Waals surface area contributed by atoms with E-state index < -0.39 is 5.92 Å². The van der Waals surface area contributed by atoms with Gasteiger partial charge in [0.15, 0.2) is 0 Å². The molecule has 1 aromatic carbocycles. The van der Waals surface area contributed by atoms with Gasteiger partial charge in [-0.2, -0.15) is 0 Å². The van der Waals surface area contributed by atoms with Crippen LogP contribution in [0.25, 0.3) is 0 Å². The number of aryl methyl sites for hydroxylation is 1. The Balaban J connectivity index is 1.63. The van der Waals surface area contributed by atoms with Crippen LogP contribution in [0.4, 0.5) is 5.69 Å². The molecule has 24 heavy (non-hydrogen) atoms. The maximum absolute atomic E-state index is 12.7. The molecule has 2 aliphatic heterocycles. The van der Waals surface area contributed by atoms with Crippen molar-refractivity contribution in [3.63, 3.8) is 0 Å². The fraction of sp³-hybridized carbons (Fsp3) is 0.579. The number of aliphatic hydroxyl groups excluding tert-OH is 1. The highest BCUT2D eigenvalue weighted by Crippen LogP contribution is 2.28. The van der Waals surface area contributed by atoms with Gasteiger partial charge < -0.3 is 14.9 Å². The first kappa shape index (κ1) is 17.0. The van der Waals surface area contributed by atoms with Crippen LogP contribution in [0.1, 0.15) is 31.7 Å². The van der Waals surface area contributed by atoms with Crippen LogP contribution < -0.4 is 4.90 Å². The minimum atomic E-state index is -0.547. The zero-order chi connectivity index (χ0) is 17.3. The number of carbonyl (C=O) groups excluding carboxylic acids is 2. The Morgan fingerprint density at radius 2 is 1.75 bits per heavy atom. The molecule has 2 fully saturated rings. The third kappa shape index (κ3) is 3.31. The summed E-state index contributed by atoms with van der Waals surface area (Å²) in [4.78, 5) is 29.0. The van der Waals surface area contributed by atoms with E-state index in [4.69, 9.17) is 0 Å². The number of amides is 2. The highest BCUT2D eigenvalue weighted by molar-refractivity contribution is 6.09. The fourth-order valence-corrected chi connectivity index (χ4v) is 3.71. The standard InChI is InChI=1S/C19H26N2O3/c1-13-3-5-16(6-4-13)21-12-9-17(19(21)24)18(23)20-10-7-15(8-11-20)14(2)22/h3-6,14-15,17,22H,7-12H2,1-2H3. The molecule has 2 heterocycles. The van der Waals surface area contributed by atoms with Gasteiger partial charge in [-0.15, -0.1) is 0 Å². The Morgan fingerprint density at radius 3 is 2.33 bits per heavy atom. The number of anilines is 1. The van der Waals surface area contributed by atoms with Crippen LogP contribution in [-0.4, -0.2) is 47.6 Å². The van der Waals surface area contributed by atoms with Crippen LogP contribution in [-0.2, 0) is 9.59 Å². The molecule has 5 heteroatoms. The minimum absolute atomic E-state index is 0.0429. The number of piperidine rings is 1. The zero-order valence-corrected chi connectivity index (χ0v) is 14.4. The Morgan fingerprint density at radius 1 is 1.12 bits per heavy atom. The number of hydrogen-bond donors (Lipinski definition) is 1. The second-order valence-corrected chi connectivity index (χ2v) is 7.07. The van der Waals surface area contributed by atoms with Crippen LogP contribution in [0.3, 0.4) is 0 Å². The molecule has 3 rings (SSSR count). The molecule has 130 valence electrons. The third-order valence-electron chi connectivity index (χ3n) is 5.38. The van der Waals surface area contributed by atoms with Crippen molar-refractivity contribution in [3.05, 3.63) is 29.8 Å². The third-order valence-corrected chi connectivity index (χ3v) is 5.38. The highest BCUT2D eigenvalue weighted by Gasteiger charge is 2.40. The summed E-state index contributed by atoms with van der Waals surface area (Å²) in [6.45, 7) is 5.70. The summed E-state index contributed by atoms with van der Waals surface area (Å²) in [6.07, 6.45) is 1.88. The van der Waals surface area contributed by atoms with E-state index in [1.807, 2.05) is 38.1 Å². The molecule has 2 atom stereocenters. The van der Waals surface area contributed by atoms with E-state index in [0.717, 1.165) is 24.1 Å². The second kappa shape index (κ2) is 6.93. The van der Waals surface area contributed by atoms with E-state index in [9.17, 15) is 14.7 Å². The Hall–Kier alpha value is -1.88. The molecule has 0 aliphatic carbocycles. The van der Waals surface area contributed by atoms with Gasteiger partial charge in [0.25, 0.3) is 0 Å². The number of nitrogens with zero attached hydrogens (tertiary/aromatic N) is 2. The number of likely N-dealkylation sites (tertiary alicyclic amines) is 1. The first-order chi connectivity index (χ1) is 11.5. The van der Waals surface area contributed by atoms with Crippen molar-refractivity contribution in [2.45, 2.75) is 39.2 Å². The lowest BCUT2D eigenvalue weighted by Gasteiger charge is -2.34. The van der Waals surface area contributed by atoms with Crippen molar-refractivity contribution in [2.24, 2.45) is 11.8 Å². The minimum Gasteiger partial charge on any atom is -0.393 e. The largest absolute Gasteiger partial charge is 0.393 e. The maximum atomic E-state index is 12.7. The van der Waals surface area contributed by atoms with E-state index in [0.29, 0.717) is 26.1 Å². The van der Waals surface area contributed by atoms with Gasteiger partial charge in [-0.1, -0.05) is 17.7 Å². The topological polar surface area (TPSA) is 60.9 Å². The fourth-order valence-electron chi connectivity index (χ4n) is 3.71. The molecular formula is C19H26N2O3. The molecule has 2 amide bonds. The van der Waals surface area contributed by atoms with Gasteiger partial charge in [-0.25, -0.2) is 0 Å². The maximum Gasteiger partial charge on any atom is 0.239 e. The predicted molar refractivity (Wildman–Crippen MR) is 92.6 cm³/mol. The number of aliphatic hydroxyl groups is 1. The van der Waals surface area contributed by atoms with Crippen molar-refractivity contribution in [3.8, 4) is 0 Å². The smallest absolute Gasteiger partial charge is 0.239 e. The van der Waals surface area contributed by atoms with Gasteiger partial charge in [-0.3, -0.25) is 9.59 Å². The molecule has 0 spiro atoms. The van der Waals surface area contributed by atoms with Gasteiger partial charge in [0.2, 0.25) is 11.8 Å². The summed E-state index contributed by atoms with van der Waals surface area (Å²) in [7, 11) is 0. The SMILES string of the molecule is Cc1ccc(N2CCC(C(=O)N3CCC(C(C)O)CC3)C2=O)cc1. The van der Waals surface area contributed by atoms with Crippen molar-refractivity contribution >= 4 is 17.5 Å². The van der Waals surface area contributed by atoms with Gasteiger partial charge in [0.05, 0.1) is 6.10 Å². The normalized spacial score (nSPS) is 23.6. The van der Waals surface area contributed by atoms with Crippen LogP contribution in [0, 0.1) is 18.8 Å². The summed E-state index contributed by atoms with van der Waals surface area (Å²) < 4.78 is 0. The van der Waals surface area contributed by atoms with E-state index in [2.05, 4.69) is 0 Å². The number of benzene rings is 1. The summed E-state index contributed by atoms with van der Waals surface area (Å²) in [6, 6.07) is 7.85. The monoisotopic (exact) mass is 330 g/mol. The molecule has 5 nitrogen and oxygen atoms in total. The van der Waals surface area contributed by atoms with Gasteiger partial charge in [0, 0.05) is 25.3 Å². The van der Waals surface area contributed by atoms with E-state index in [-0.39, 0.29) is 23.8 Å². The van der Waals surface area contributed by atoms with Gasteiger partial charge in [-0.05, 0) is 51.2 Å². The quantitative estimate of drug-likeness (QED) is 0.862. The van der Waals surface area contributed by atoms with E-state index in [1.54, 1.807) is 9.80 Å². The highest BCUT2D eigenvalue weighted by atomic mass is 16.3. The lowest BCUT2D eigenvalue weighted by Crippen LogP contribution is -2.45. The van der Waals surface area contributed by atoms with Crippen molar-refractivity contribution in [1.82, 2.24) is 4.90 Å². The molecule has 1 aromatic rings. The van der Waals surface area contributed by atoms with Crippen molar-refractivity contribution in [1.29, 1.82) is 0 Å². The summed E-state index contributed by atoms with van der Waals surface area (Å²) >= 11 is 0. The average Bonchev–Trinajstić information content (AvgIpc) is 2.96. The Labute approximate surface area is 143 Å². The molecular weight excluding hydrogens is 304 g/mol. The number of rotatable bonds is 3. The molecule has 0 saturated carbocycles. The molecule has 2 unspecified atom stereocenters. The van der Waals surface area contributed by atoms with Crippen molar-refractivity contribution < 1.29 is 14.7 Å². The molecule has 0 radical (unpaired) electrons. The average molecular weight is 330 g/mol. The molecule has 2 aliphatic rings. The molecule has 1 N–H and O–H groups in total. The van der Waals surface area contributed by atoms with Gasteiger partial charge in [0.1, 0.15) is 5.92 Å².